The van der Waals surface area contributed by atoms with Gasteiger partial charge >= 0.3 is 0 Å². The molecular formula is C19H15NO2. The Labute approximate surface area is 128 Å². The summed E-state index contributed by atoms with van der Waals surface area (Å²) in [6.45, 7) is 0. The topological polar surface area (TPSA) is 34.2 Å². The zero-order valence-electron chi connectivity index (χ0n) is 11.1. The van der Waals surface area contributed by atoms with E-state index in [-0.39, 0.29) is 7.43 Å². The molecule has 5 rings (SSSR count). The molecule has 0 unspecified atom stereocenters. The van der Waals surface area contributed by atoms with Gasteiger partial charge in [0.25, 0.3) is 0 Å². The molecule has 22 heavy (non-hydrogen) atoms. The number of ether oxygens (including phenoxy) is 2. The Morgan fingerprint density at radius 3 is 2.00 bits per heavy atom. The summed E-state index contributed by atoms with van der Waals surface area (Å²) in [5.41, 5.74) is 2.17. The van der Waals surface area contributed by atoms with Crippen LogP contribution in [0.15, 0.2) is 60.7 Å². The van der Waals surface area contributed by atoms with Gasteiger partial charge in [-0.2, -0.15) is 0 Å². The fourth-order valence-electron chi connectivity index (χ4n) is 2.87. The molecule has 2 heterocycles. The molecule has 0 fully saturated rings. The maximum atomic E-state index is 5.96. The molecule has 0 saturated heterocycles. The number of para-hydroxylation sites is 3. The van der Waals surface area contributed by atoms with Gasteiger partial charge in [0.1, 0.15) is 0 Å². The van der Waals surface area contributed by atoms with Crippen LogP contribution in [0.4, 0.5) is 0 Å². The normalized spacial score (nSPS) is 12.0. The number of aromatic nitrogens is 1. The van der Waals surface area contributed by atoms with Gasteiger partial charge in [0.2, 0.25) is 0 Å². The van der Waals surface area contributed by atoms with Crippen molar-refractivity contribution in [2.75, 3.05) is 0 Å². The molecule has 3 aromatic carbocycles. The van der Waals surface area contributed by atoms with E-state index < -0.39 is 0 Å². The molecule has 1 aliphatic heterocycles. The summed E-state index contributed by atoms with van der Waals surface area (Å²) in [5.74, 6) is 3.00. The van der Waals surface area contributed by atoms with Crippen LogP contribution in [0.25, 0.3) is 21.8 Å². The van der Waals surface area contributed by atoms with Crippen molar-refractivity contribution >= 4 is 21.8 Å². The van der Waals surface area contributed by atoms with Crippen molar-refractivity contribution in [3.63, 3.8) is 0 Å². The Hall–Kier alpha value is -2.94. The molecule has 1 N–H and O–H groups in total. The molecule has 0 saturated carbocycles. The lowest BCUT2D eigenvalue weighted by molar-refractivity contribution is 0.360. The van der Waals surface area contributed by atoms with Crippen LogP contribution in [-0.2, 0) is 0 Å². The van der Waals surface area contributed by atoms with Gasteiger partial charge in [-0.15, -0.1) is 0 Å². The number of hydrogen-bond acceptors (Lipinski definition) is 2. The Bertz CT molecular complexity index is 1000. The number of nitrogens with one attached hydrogen (secondary N) is 1. The molecule has 0 atom stereocenters. The molecular weight excluding hydrogens is 274 g/mol. The highest BCUT2D eigenvalue weighted by Gasteiger charge is 2.20. The summed E-state index contributed by atoms with van der Waals surface area (Å²) in [6, 6.07) is 20.0. The maximum Gasteiger partial charge on any atom is 0.172 e. The molecule has 0 spiro atoms. The lowest BCUT2D eigenvalue weighted by atomic mass is 10.1. The number of hydrogen-bond donors (Lipinski definition) is 1. The smallest absolute Gasteiger partial charge is 0.172 e. The first kappa shape index (κ1) is 12.8. The molecule has 1 aromatic heterocycles. The van der Waals surface area contributed by atoms with Gasteiger partial charge in [-0.25, -0.2) is 0 Å². The molecule has 0 amide bonds. The Kier molecular flexibility index (Phi) is 2.63. The van der Waals surface area contributed by atoms with Gasteiger partial charge in [0.05, 0.1) is 5.52 Å². The minimum absolute atomic E-state index is 0. The van der Waals surface area contributed by atoms with Crippen molar-refractivity contribution < 1.29 is 9.47 Å². The van der Waals surface area contributed by atoms with Crippen molar-refractivity contribution in [2.45, 2.75) is 7.43 Å². The summed E-state index contributed by atoms with van der Waals surface area (Å²) >= 11 is 0. The van der Waals surface area contributed by atoms with Gasteiger partial charge in [0, 0.05) is 22.4 Å². The highest BCUT2D eigenvalue weighted by Crippen LogP contribution is 2.47. The summed E-state index contributed by atoms with van der Waals surface area (Å²) in [6.07, 6.45) is 0. The summed E-state index contributed by atoms with van der Waals surface area (Å²) in [4.78, 5) is 3.42. The van der Waals surface area contributed by atoms with E-state index >= 15 is 0 Å². The standard InChI is InChI=1S/C18H11NO2.CH4/c1-2-6-13-11(5-1)12-9-17-18(10-14(12)19-13)21-16-8-4-3-7-15(16)20-17;/h1-10,19H;1H4. The molecule has 1 aliphatic rings. The van der Waals surface area contributed by atoms with Crippen LogP contribution >= 0.6 is 0 Å². The Morgan fingerprint density at radius 1 is 0.591 bits per heavy atom. The van der Waals surface area contributed by atoms with E-state index in [4.69, 9.17) is 9.47 Å². The average Bonchev–Trinajstić information content (AvgIpc) is 2.88. The molecule has 3 nitrogen and oxygen atoms in total. The minimum Gasteiger partial charge on any atom is -0.449 e. The largest absolute Gasteiger partial charge is 0.449 e. The predicted molar refractivity (Wildman–Crippen MR) is 89.1 cm³/mol. The lowest BCUT2D eigenvalue weighted by Crippen LogP contribution is -1.98. The van der Waals surface area contributed by atoms with E-state index in [1.807, 2.05) is 48.5 Å². The third kappa shape index (κ3) is 1.69. The second-order valence-electron chi connectivity index (χ2n) is 5.17. The Morgan fingerprint density at radius 2 is 1.23 bits per heavy atom. The summed E-state index contributed by atoms with van der Waals surface area (Å²) < 4.78 is 11.9. The van der Waals surface area contributed by atoms with Crippen molar-refractivity contribution in [1.82, 2.24) is 4.98 Å². The van der Waals surface area contributed by atoms with Gasteiger partial charge < -0.3 is 14.5 Å². The zero-order valence-corrected chi connectivity index (χ0v) is 11.1. The van der Waals surface area contributed by atoms with E-state index in [0.717, 1.165) is 39.4 Å². The second kappa shape index (κ2) is 4.53. The quantitative estimate of drug-likeness (QED) is 0.387. The van der Waals surface area contributed by atoms with Crippen molar-refractivity contribution in [3.8, 4) is 23.0 Å². The first-order valence-electron chi connectivity index (χ1n) is 6.88. The maximum absolute atomic E-state index is 5.96. The van der Waals surface area contributed by atoms with Crippen molar-refractivity contribution in [2.24, 2.45) is 0 Å². The monoisotopic (exact) mass is 289 g/mol. The van der Waals surface area contributed by atoms with Crippen LogP contribution in [0, 0.1) is 0 Å². The summed E-state index contributed by atoms with van der Waals surface area (Å²) in [7, 11) is 0. The SMILES string of the molecule is C.c1ccc2c(c1)Oc1cc3[nH]c4ccccc4c3cc1O2. The number of H-pyrrole nitrogens is 1. The molecule has 3 heteroatoms. The molecule has 0 bridgehead atoms. The number of rotatable bonds is 0. The van der Waals surface area contributed by atoms with Crippen LogP contribution in [-0.4, -0.2) is 4.98 Å². The predicted octanol–water partition coefficient (Wildman–Crippen LogP) is 5.86. The van der Waals surface area contributed by atoms with E-state index in [0.29, 0.717) is 0 Å². The van der Waals surface area contributed by atoms with E-state index in [1.54, 1.807) is 0 Å². The van der Waals surface area contributed by atoms with Gasteiger partial charge in [0.15, 0.2) is 23.0 Å². The zero-order chi connectivity index (χ0) is 13.8. The second-order valence-corrected chi connectivity index (χ2v) is 5.17. The van der Waals surface area contributed by atoms with Gasteiger partial charge in [-0.1, -0.05) is 37.8 Å². The third-order valence-electron chi connectivity index (χ3n) is 3.86. The first-order chi connectivity index (χ1) is 10.4. The van der Waals surface area contributed by atoms with E-state index in [9.17, 15) is 0 Å². The number of benzene rings is 3. The number of aromatic amines is 1. The van der Waals surface area contributed by atoms with E-state index in [2.05, 4.69) is 17.1 Å². The van der Waals surface area contributed by atoms with Crippen LogP contribution in [0.2, 0.25) is 0 Å². The molecule has 108 valence electrons. The van der Waals surface area contributed by atoms with E-state index in [1.165, 1.54) is 5.39 Å². The highest BCUT2D eigenvalue weighted by molar-refractivity contribution is 6.08. The molecule has 4 aromatic rings. The van der Waals surface area contributed by atoms with Crippen LogP contribution in [0.1, 0.15) is 7.43 Å². The number of fused-ring (bicyclic) bond motifs is 5. The van der Waals surface area contributed by atoms with Crippen molar-refractivity contribution in [1.29, 1.82) is 0 Å². The molecule has 0 radical (unpaired) electrons. The fraction of sp³-hybridized carbons (Fsp3) is 0.0526. The highest BCUT2D eigenvalue weighted by atomic mass is 16.6. The van der Waals surface area contributed by atoms with Gasteiger partial charge in [-0.05, 0) is 24.3 Å². The average molecular weight is 289 g/mol. The van der Waals surface area contributed by atoms with Crippen LogP contribution < -0.4 is 9.47 Å². The first-order valence-corrected chi connectivity index (χ1v) is 6.88. The lowest BCUT2D eigenvalue weighted by Gasteiger charge is -2.20. The Balaban J connectivity index is 0.00000125. The van der Waals surface area contributed by atoms with Crippen LogP contribution in [0.3, 0.4) is 0 Å². The fourth-order valence-corrected chi connectivity index (χ4v) is 2.87. The minimum atomic E-state index is 0. The van der Waals surface area contributed by atoms with Gasteiger partial charge in [-0.3, -0.25) is 0 Å². The van der Waals surface area contributed by atoms with Crippen LogP contribution in [0.5, 0.6) is 23.0 Å². The summed E-state index contributed by atoms with van der Waals surface area (Å²) in [5, 5.41) is 2.34. The third-order valence-corrected chi connectivity index (χ3v) is 3.86. The van der Waals surface area contributed by atoms with Crippen molar-refractivity contribution in [3.05, 3.63) is 60.7 Å². The molecule has 0 aliphatic carbocycles.